The number of hydrazone groups is 1. The third-order valence-electron chi connectivity index (χ3n) is 8.60. The Balaban J connectivity index is 1.45. The van der Waals surface area contributed by atoms with Gasteiger partial charge in [0, 0.05) is 17.5 Å². The molecule has 218 valence electrons. The first kappa shape index (κ1) is 28.0. The van der Waals surface area contributed by atoms with Crippen LogP contribution in [0.15, 0.2) is 58.4 Å². The zero-order valence-electron chi connectivity index (χ0n) is 24.3. The zero-order chi connectivity index (χ0) is 29.2. The van der Waals surface area contributed by atoms with Crippen molar-refractivity contribution in [2.75, 3.05) is 0 Å². The molecule has 42 heavy (non-hydrogen) atoms. The van der Waals surface area contributed by atoms with Gasteiger partial charge in [0.2, 0.25) is 11.7 Å². The highest BCUT2D eigenvalue weighted by Gasteiger charge is 2.27. The molecule has 1 fully saturated rings. The van der Waals surface area contributed by atoms with Gasteiger partial charge in [0.1, 0.15) is 5.82 Å². The molecule has 9 heteroatoms. The first-order valence-corrected chi connectivity index (χ1v) is 15.1. The molecule has 1 unspecified atom stereocenters. The highest BCUT2D eigenvalue weighted by molar-refractivity contribution is 6.16. The first-order chi connectivity index (χ1) is 20.4. The minimum Gasteiger partial charge on any atom is -0.391 e. The summed E-state index contributed by atoms with van der Waals surface area (Å²) >= 11 is 0. The number of hydrogen-bond acceptors (Lipinski definition) is 6. The largest absolute Gasteiger partial charge is 0.391 e. The van der Waals surface area contributed by atoms with Crippen molar-refractivity contribution in [2.24, 2.45) is 11.0 Å². The number of benzene rings is 2. The Kier molecular flexibility index (Phi) is 8.02. The third-order valence-corrected chi connectivity index (χ3v) is 8.60. The predicted octanol–water partition coefficient (Wildman–Crippen LogP) is 4.57. The summed E-state index contributed by atoms with van der Waals surface area (Å²) in [5.41, 5.74) is 8.48. The van der Waals surface area contributed by atoms with Crippen LogP contribution in [0.25, 0.3) is 16.9 Å². The van der Waals surface area contributed by atoms with E-state index in [4.69, 9.17) is 5.10 Å². The molecule has 0 saturated heterocycles. The molecule has 0 spiro atoms. The Hall–Kier alpha value is -4.11. The Morgan fingerprint density at radius 1 is 1.05 bits per heavy atom. The van der Waals surface area contributed by atoms with Crippen LogP contribution in [0.4, 0.5) is 0 Å². The van der Waals surface area contributed by atoms with Crippen molar-refractivity contribution >= 4 is 17.4 Å². The van der Waals surface area contributed by atoms with Gasteiger partial charge in [-0.25, -0.2) is 9.94 Å². The summed E-state index contributed by atoms with van der Waals surface area (Å²) in [6, 6.07) is 16.2. The first-order valence-electron chi connectivity index (χ1n) is 15.1. The molecule has 6 rings (SSSR count). The van der Waals surface area contributed by atoms with E-state index in [0.29, 0.717) is 35.7 Å². The molecule has 3 heterocycles. The van der Waals surface area contributed by atoms with Gasteiger partial charge in [-0.15, -0.1) is 0 Å². The molecular formula is C33H38N6O3. The number of fused-ring (bicyclic) bond motifs is 1. The summed E-state index contributed by atoms with van der Waals surface area (Å²) in [5, 5.41) is 20.2. The monoisotopic (exact) mass is 566 g/mol. The molecule has 1 aliphatic carbocycles. The van der Waals surface area contributed by atoms with Gasteiger partial charge in [0.25, 0.3) is 5.56 Å². The number of nitrogens with one attached hydrogen (secondary N) is 1. The van der Waals surface area contributed by atoms with Gasteiger partial charge in [0.05, 0.1) is 30.5 Å². The molecular weight excluding hydrogens is 528 g/mol. The Bertz CT molecular complexity index is 1700. The number of carbonyl (C=O) groups is 1. The quantitative estimate of drug-likeness (QED) is 0.308. The van der Waals surface area contributed by atoms with E-state index < -0.39 is 6.10 Å². The van der Waals surface area contributed by atoms with Crippen LogP contribution in [-0.4, -0.2) is 42.0 Å². The summed E-state index contributed by atoms with van der Waals surface area (Å²) in [5.74, 6) is 1.14. The van der Waals surface area contributed by atoms with Crippen LogP contribution in [-0.2, 0) is 24.2 Å². The van der Waals surface area contributed by atoms with Gasteiger partial charge in [-0.1, -0.05) is 75.1 Å². The molecule has 4 aromatic rings. The van der Waals surface area contributed by atoms with Crippen LogP contribution in [0.1, 0.15) is 80.1 Å². The van der Waals surface area contributed by atoms with Crippen molar-refractivity contribution in [1.82, 2.24) is 24.6 Å². The van der Waals surface area contributed by atoms with E-state index in [-0.39, 0.29) is 30.3 Å². The number of rotatable bonds is 9. The van der Waals surface area contributed by atoms with E-state index in [9.17, 15) is 14.7 Å². The van der Waals surface area contributed by atoms with Crippen LogP contribution < -0.4 is 11.0 Å². The maximum Gasteiger partial charge on any atom is 0.258 e. The van der Waals surface area contributed by atoms with Gasteiger partial charge in [-0.3, -0.25) is 14.2 Å². The molecule has 1 amide bonds. The summed E-state index contributed by atoms with van der Waals surface area (Å²) in [6.45, 7) is 4.13. The molecule has 9 nitrogen and oxygen atoms in total. The maximum atomic E-state index is 14.3. The third kappa shape index (κ3) is 5.53. The number of amides is 1. The minimum absolute atomic E-state index is 0.128. The number of aliphatic hydroxyl groups is 1. The number of carbonyl (C=O) groups excluding carboxylic acids is 1. The number of aryl methyl sites for hydroxylation is 2. The lowest BCUT2D eigenvalue weighted by atomic mass is 9.85. The molecule has 1 aliphatic heterocycles. The summed E-state index contributed by atoms with van der Waals surface area (Å²) in [4.78, 5) is 31.0. The van der Waals surface area contributed by atoms with Crippen molar-refractivity contribution in [3.8, 4) is 11.1 Å². The number of nitrogens with zero attached hydrogens (tertiary/aromatic N) is 5. The van der Waals surface area contributed by atoms with Gasteiger partial charge in [0.15, 0.2) is 0 Å². The second-order valence-electron chi connectivity index (χ2n) is 11.6. The van der Waals surface area contributed by atoms with Crippen LogP contribution in [0, 0.1) is 12.8 Å². The second kappa shape index (κ2) is 12.0. The molecule has 2 aromatic carbocycles. The number of aromatic nitrogens is 4. The van der Waals surface area contributed by atoms with Crippen molar-refractivity contribution in [1.29, 1.82) is 0 Å². The molecule has 1 atom stereocenters. The summed E-state index contributed by atoms with van der Waals surface area (Å²) < 4.78 is 3.45. The van der Waals surface area contributed by atoms with E-state index >= 15 is 0 Å². The molecule has 1 saturated carbocycles. The molecule has 2 aromatic heterocycles. The number of aliphatic hydroxyl groups excluding tert-OH is 1. The Labute approximate surface area is 245 Å². The fourth-order valence-corrected chi connectivity index (χ4v) is 6.49. The Morgan fingerprint density at radius 2 is 1.83 bits per heavy atom. The fourth-order valence-electron chi connectivity index (χ4n) is 6.49. The van der Waals surface area contributed by atoms with Gasteiger partial charge in [-0.2, -0.15) is 15.2 Å². The highest BCUT2D eigenvalue weighted by Crippen LogP contribution is 2.29. The predicted molar refractivity (Wildman–Crippen MR) is 163 cm³/mol. The van der Waals surface area contributed by atoms with Gasteiger partial charge < -0.3 is 5.11 Å². The van der Waals surface area contributed by atoms with Crippen molar-refractivity contribution in [3.63, 3.8) is 0 Å². The van der Waals surface area contributed by atoms with E-state index in [1.54, 1.807) is 4.57 Å². The highest BCUT2D eigenvalue weighted by atomic mass is 16.3. The van der Waals surface area contributed by atoms with Crippen molar-refractivity contribution < 1.29 is 9.90 Å². The smallest absolute Gasteiger partial charge is 0.258 e. The molecule has 0 bridgehead atoms. The van der Waals surface area contributed by atoms with Crippen LogP contribution >= 0.6 is 0 Å². The van der Waals surface area contributed by atoms with Crippen LogP contribution in [0.3, 0.4) is 0 Å². The van der Waals surface area contributed by atoms with Crippen LogP contribution in [0.5, 0.6) is 0 Å². The van der Waals surface area contributed by atoms with Crippen LogP contribution in [0.2, 0.25) is 0 Å². The maximum absolute atomic E-state index is 14.3. The number of hydrogen-bond donors (Lipinski definition) is 2. The SMILES string of the molecule is CCCc1c(Cc2ccc(-c3ccccc3)c(C3=NNC(=O)C3)c2)c(=O)n(CC(O)C2CCCCC2)c2nc(C)nn12. The molecule has 2 N–H and O–H groups in total. The summed E-state index contributed by atoms with van der Waals surface area (Å²) in [6.07, 6.45) is 6.90. The molecule has 0 radical (unpaired) electrons. The lowest BCUT2D eigenvalue weighted by Crippen LogP contribution is -2.36. The van der Waals surface area contributed by atoms with E-state index in [1.165, 1.54) is 6.42 Å². The van der Waals surface area contributed by atoms with E-state index in [1.807, 2.05) is 53.9 Å². The lowest BCUT2D eigenvalue weighted by molar-refractivity contribution is -0.119. The average Bonchev–Trinajstić information content (AvgIpc) is 3.63. The van der Waals surface area contributed by atoms with Gasteiger partial charge in [-0.05, 0) is 54.9 Å². The zero-order valence-corrected chi connectivity index (χ0v) is 24.3. The normalized spacial score (nSPS) is 16.5. The molecule has 2 aliphatic rings. The topological polar surface area (TPSA) is 114 Å². The fraction of sp³-hybridized carbons (Fsp3) is 0.424. The van der Waals surface area contributed by atoms with Crippen molar-refractivity contribution in [3.05, 3.63) is 87.1 Å². The standard InChI is InChI=1S/C33H38N6O3/c1-3-10-29-27(32(42)38(33-34-21(2)37-39(29)33)20-30(40)24-13-8-5-9-14-24)18-22-15-16-25(23-11-6-4-7-12-23)26(17-22)28-19-31(41)36-35-28/h4,6-7,11-12,15-17,24,30,40H,3,5,8-10,13-14,18-20H2,1-2H3,(H,36,41). The Morgan fingerprint density at radius 3 is 2.55 bits per heavy atom. The summed E-state index contributed by atoms with van der Waals surface area (Å²) in [7, 11) is 0. The second-order valence-corrected chi connectivity index (χ2v) is 11.6. The average molecular weight is 567 g/mol. The van der Waals surface area contributed by atoms with E-state index in [2.05, 4.69) is 28.5 Å². The van der Waals surface area contributed by atoms with E-state index in [0.717, 1.165) is 60.1 Å². The lowest BCUT2D eigenvalue weighted by Gasteiger charge is -2.27. The van der Waals surface area contributed by atoms with Crippen molar-refractivity contribution in [2.45, 2.75) is 84.3 Å². The minimum atomic E-state index is -0.615. The van der Waals surface area contributed by atoms with Gasteiger partial charge >= 0.3 is 0 Å².